The standard InChI is InChI=1S/C21H26ClN3OS/c1-16(27-20-10-6-4-8-18(20)22)21(26)23-15-17-7-3-5-9-19(17)25-13-11-24(2)12-14-25/h3-10,16H,11-15H2,1-2H3,(H,23,26). The summed E-state index contributed by atoms with van der Waals surface area (Å²) in [6, 6.07) is 16.0. The van der Waals surface area contributed by atoms with E-state index < -0.39 is 0 Å². The molecular weight excluding hydrogens is 378 g/mol. The van der Waals surface area contributed by atoms with Gasteiger partial charge >= 0.3 is 0 Å². The van der Waals surface area contributed by atoms with Crippen molar-refractivity contribution in [3.8, 4) is 0 Å². The molecule has 0 saturated carbocycles. The number of amides is 1. The second-order valence-corrected chi connectivity index (χ2v) is 8.62. The van der Waals surface area contributed by atoms with Crippen molar-refractivity contribution in [1.82, 2.24) is 10.2 Å². The molecule has 1 N–H and O–H groups in total. The maximum Gasteiger partial charge on any atom is 0.233 e. The highest BCUT2D eigenvalue weighted by Crippen LogP contribution is 2.30. The smallest absolute Gasteiger partial charge is 0.233 e. The number of carbonyl (C=O) groups is 1. The molecule has 27 heavy (non-hydrogen) atoms. The molecule has 0 radical (unpaired) electrons. The van der Waals surface area contributed by atoms with E-state index in [9.17, 15) is 4.79 Å². The lowest BCUT2D eigenvalue weighted by atomic mass is 10.1. The molecule has 0 bridgehead atoms. The fourth-order valence-electron chi connectivity index (χ4n) is 3.13. The number of thioether (sulfide) groups is 1. The summed E-state index contributed by atoms with van der Waals surface area (Å²) in [5, 5.41) is 3.56. The minimum Gasteiger partial charge on any atom is -0.369 e. The van der Waals surface area contributed by atoms with Crippen LogP contribution in [0.2, 0.25) is 5.02 Å². The third kappa shape index (κ3) is 5.41. The van der Waals surface area contributed by atoms with Crippen LogP contribution in [0.5, 0.6) is 0 Å². The number of hydrogen-bond donors (Lipinski definition) is 1. The van der Waals surface area contributed by atoms with Crippen LogP contribution in [0.3, 0.4) is 0 Å². The van der Waals surface area contributed by atoms with Gasteiger partial charge in [0.05, 0.1) is 10.3 Å². The van der Waals surface area contributed by atoms with Crippen LogP contribution in [0.25, 0.3) is 0 Å². The predicted molar refractivity (Wildman–Crippen MR) is 115 cm³/mol. The van der Waals surface area contributed by atoms with Crippen LogP contribution < -0.4 is 10.2 Å². The predicted octanol–water partition coefficient (Wildman–Crippen LogP) is 3.89. The van der Waals surface area contributed by atoms with E-state index in [0.29, 0.717) is 11.6 Å². The largest absolute Gasteiger partial charge is 0.369 e. The van der Waals surface area contributed by atoms with Crippen molar-refractivity contribution in [1.29, 1.82) is 0 Å². The monoisotopic (exact) mass is 403 g/mol. The number of benzene rings is 2. The maximum absolute atomic E-state index is 12.6. The van der Waals surface area contributed by atoms with Crippen LogP contribution in [0.4, 0.5) is 5.69 Å². The SMILES string of the molecule is CC(Sc1ccccc1Cl)C(=O)NCc1ccccc1N1CCN(C)CC1. The first-order valence-corrected chi connectivity index (χ1v) is 10.5. The highest BCUT2D eigenvalue weighted by molar-refractivity contribution is 8.00. The summed E-state index contributed by atoms with van der Waals surface area (Å²) in [6.07, 6.45) is 0. The lowest BCUT2D eigenvalue weighted by Gasteiger charge is -2.35. The quantitative estimate of drug-likeness (QED) is 0.742. The van der Waals surface area contributed by atoms with Gasteiger partial charge in [0.1, 0.15) is 0 Å². The van der Waals surface area contributed by atoms with E-state index in [0.717, 1.165) is 36.6 Å². The molecule has 0 aromatic heterocycles. The number of piperazine rings is 1. The highest BCUT2D eigenvalue weighted by Gasteiger charge is 2.19. The molecule has 1 unspecified atom stereocenters. The molecule has 2 aromatic carbocycles. The van der Waals surface area contributed by atoms with E-state index in [-0.39, 0.29) is 11.2 Å². The molecule has 1 atom stereocenters. The van der Waals surface area contributed by atoms with Gasteiger partial charge in [-0.15, -0.1) is 11.8 Å². The molecular formula is C21H26ClN3OS. The van der Waals surface area contributed by atoms with Gasteiger partial charge in [-0.1, -0.05) is 41.9 Å². The minimum atomic E-state index is -0.208. The number of anilines is 1. The number of halogens is 1. The zero-order valence-corrected chi connectivity index (χ0v) is 17.4. The van der Waals surface area contributed by atoms with Crippen molar-refractivity contribution in [2.75, 3.05) is 38.1 Å². The van der Waals surface area contributed by atoms with Crippen molar-refractivity contribution in [2.24, 2.45) is 0 Å². The van der Waals surface area contributed by atoms with E-state index in [1.54, 1.807) is 0 Å². The Kier molecular flexibility index (Phi) is 7.05. The van der Waals surface area contributed by atoms with Crippen molar-refractivity contribution < 1.29 is 4.79 Å². The van der Waals surface area contributed by atoms with Gasteiger partial charge in [0.15, 0.2) is 0 Å². The average molecular weight is 404 g/mol. The summed E-state index contributed by atoms with van der Waals surface area (Å²) >= 11 is 7.69. The fourth-order valence-corrected chi connectivity index (χ4v) is 4.30. The minimum absolute atomic E-state index is 0.0214. The van der Waals surface area contributed by atoms with Crippen molar-refractivity contribution in [3.05, 3.63) is 59.1 Å². The van der Waals surface area contributed by atoms with Crippen LogP contribution >= 0.6 is 23.4 Å². The summed E-state index contributed by atoms with van der Waals surface area (Å²) in [6.45, 7) is 6.60. The van der Waals surface area contributed by atoms with Crippen LogP contribution in [-0.4, -0.2) is 49.3 Å². The Bertz CT molecular complexity index is 778. The van der Waals surface area contributed by atoms with E-state index in [2.05, 4.69) is 40.4 Å². The van der Waals surface area contributed by atoms with Gasteiger partial charge in [0, 0.05) is 43.3 Å². The summed E-state index contributed by atoms with van der Waals surface area (Å²) < 4.78 is 0. The van der Waals surface area contributed by atoms with Crippen LogP contribution in [0, 0.1) is 0 Å². The Hall–Kier alpha value is -1.69. The Balaban J connectivity index is 1.59. The number of para-hydroxylation sites is 1. The lowest BCUT2D eigenvalue weighted by Crippen LogP contribution is -2.45. The second-order valence-electron chi connectivity index (χ2n) is 6.83. The summed E-state index contributed by atoms with van der Waals surface area (Å²) in [4.78, 5) is 18.2. The van der Waals surface area contributed by atoms with Crippen LogP contribution in [-0.2, 0) is 11.3 Å². The topological polar surface area (TPSA) is 35.6 Å². The number of hydrogen-bond acceptors (Lipinski definition) is 4. The molecule has 0 spiro atoms. The normalized spacial score (nSPS) is 16.2. The fraction of sp³-hybridized carbons (Fsp3) is 0.381. The first-order chi connectivity index (χ1) is 13.0. The zero-order chi connectivity index (χ0) is 19.2. The average Bonchev–Trinajstić information content (AvgIpc) is 2.68. The molecule has 4 nitrogen and oxygen atoms in total. The van der Waals surface area contributed by atoms with Crippen molar-refractivity contribution >= 4 is 35.0 Å². The summed E-state index contributed by atoms with van der Waals surface area (Å²) in [5.74, 6) is 0.0214. The Morgan fingerprint density at radius 1 is 1.11 bits per heavy atom. The second kappa shape index (κ2) is 9.49. The van der Waals surface area contributed by atoms with E-state index >= 15 is 0 Å². The van der Waals surface area contributed by atoms with Gasteiger partial charge in [-0.2, -0.15) is 0 Å². The summed E-state index contributed by atoms with van der Waals surface area (Å²) in [5.41, 5.74) is 2.38. The molecule has 1 heterocycles. The van der Waals surface area contributed by atoms with E-state index in [1.165, 1.54) is 17.4 Å². The van der Waals surface area contributed by atoms with Crippen LogP contribution in [0.15, 0.2) is 53.4 Å². The number of carbonyl (C=O) groups excluding carboxylic acids is 1. The molecule has 1 aliphatic rings. The zero-order valence-electron chi connectivity index (χ0n) is 15.8. The van der Waals surface area contributed by atoms with Gasteiger partial charge in [-0.25, -0.2) is 0 Å². The van der Waals surface area contributed by atoms with Crippen LogP contribution in [0.1, 0.15) is 12.5 Å². The number of rotatable bonds is 6. The van der Waals surface area contributed by atoms with E-state index in [4.69, 9.17) is 11.6 Å². The van der Waals surface area contributed by atoms with Crippen molar-refractivity contribution in [3.63, 3.8) is 0 Å². The molecule has 2 aromatic rings. The number of nitrogens with one attached hydrogen (secondary N) is 1. The summed E-state index contributed by atoms with van der Waals surface area (Å²) in [7, 11) is 2.15. The molecule has 144 valence electrons. The first kappa shape index (κ1) is 20.1. The maximum atomic E-state index is 12.6. The number of nitrogens with zero attached hydrogens (tertiary/aromatic N) is 2. The first-order valence-electron chi connectivity index (χ1n) is 9.25. The third-order valence-corrected chi connectivity index (χ3v) is 6.42. The van der Waals surface area contributed by atoms with Gasteiger partial charge < -0.3 is 15.1 Å². The molecule has 6 heteroatoms. The van der Waals surface area contributed by atoms with Gasteiger partial charge in [-0.05, 0) is 37.7 Å². The molecule has 1 fully saturated rings. The Morgan fingerprint density at radius 3 is 2.52 bits per heavy atom. The van der Waals surface area contributed by atoms with Crippen molar-refractivity contribution in [2.45, 2.75) is 23.6 Å². The lowest BCUT2D eigenvalue weighted by molar-refractivity contribution is -0.120. The van der Waals surface area contributed by atoms with Gasteiger partial charge in [0.25, 0.3) is 0 Å². The van der Waals surface area contributed by atoms with E-state index in [1.807, 2.05) is 37.3 Å². The molecule has 1 aliphatic heterocycles. The third-order valence-electron chi connectivity index (χ3n) is 4.80. The number of likely N-dealkylation sites (N-methyl/N-ethyl adjacent to an activating group) is 1. The molecule has 3 rings (SSSR count). The Labute approximate surface area is 170 Å². The molecule has 1 saturated heterocycles. The molecule has 0 aliphatic carbocycles. The highest BCUT2D eigenvalue weighted by atomic mass is 35.5. The Morgan fingerprint density at radius 2 is 1.78 bits per heavy atom. The molecule has 1 amide bonds. The van der Waals surface area contributed by atoms with Gasteiger partial charge in [0.2, 0.25) is 5.91 Å². The van der Waals surface area contributed by atoms with Gasteiger partial charge in [-0.3, -0.25) is 4.79 Å².